The van der Waals surface area contributed by atoms with Crippen molar-refractivity contribution in [2.24, 2.45) is 5.92 Å². The molecular formula is C16H20BrN5O3. The fourth-order valence-electron chi connectivity index (χ4n) is 2.17. The van der Waals surface area contributed by atoms with E-state index in [9.17, 15) is 9.59 Å². The van der Waals surface area contributed by atoms with Crippen molar-refractivity contribution in [2.75, 3.05) is 5.32 Å². The molecule has 0 spiro atoms. The molecule has 1 aromatic heterocycles. The molecule has 9 heteroatoms. The molecule has 2 N–H and O–H groups in total. The summed E-state index contributed by atoms with van der Waals surface area (Å²) in [5.74, 6) is 0.500. The smallest absolute Gasteiger partial charge is 0.412 e. The number of ether oxygens (including phenoxy) is 1. The molecule has 2 rings (SSSR count). The Morgan fingerprint density at radius 1 is 1.28 bits per heavy atom. The predicted molar refractivity (Wildman–Crippen MR) is 95.0 cm³/mol. The standard InChI is InChI=1S/C16H20BrN5O3/c1-10(2)9-14(13(23)7-8-15-19-21-22-20-15)25-16(24)18-12-5-3-11(17)4-6-12/h3-6,10,14H,7-9H2,1-2H3,(H,18,24)(H,19,20,21,22)/t14-/m0/s1. The van der Waals surface area contributed by atoms with E-state index in [1.807, 2.05) is 13.8 Å². The van der Waals surface area contributed by atoms with Gasteiger partial charge in [0.25, 0.3) is 0 Å². The third-order valence-corrected chi connectivity index (χ3v) is 3.90. The lowest BCUT2D eigenvalue weighted by molar-refractivity contribution is -0.127. The molecule has 0 fully saturated rings. The summed E-state index contributed by atoms with van der Waals surface area (Å²) >= 11 is 3.33. The number of ketones is 1. The van der Waals surface area contributed by atoms with E-state index in [1.54, 1.807) is 24.3 Å². The Kier molecular flexibility index (Phi) is 7.05. The molecule has 0 saturated heterocycles. The Labute approximate surface area is 153 Å². The van der Waals surface area contributed by atoms with Crippen LogP contribution in [-0.4, -0.2) is 38.6 Å². The Morgan fingerprint density at radius 2 is 2.00 bits per heavy atom. The molecule has 0 aliphatic rings. The minimum absolute atomic E-state index is 0.163. The number of aromatic amines is 1. The van der Waals surface area contributed by atoms with Gasteiger partial charge in [0, 0.05) is 23.0 Å². The lowest BCUT2D eigenvalue weighted by Crippen LogP contribution is -2.31. The second-order valence-corrected chi connectivity index (χ2v) is 6.87. The number of hydrogen-bond donors (Lipinski definition) is 2. The number of Topliss-reactive ketones (excluding diaryl/α,β-unsaturated/α-hetero) is 1. The van der Waals surface area contributed by atoms with Gasteiger partial charge in [-0.05, 0) is 36.6 Å². The first-order chi connectivity index (χ1) is 11.9. The maximum absolute atomic E-state index is 12.4. The summed E-state index contributed by atoms with van der Waals surface area (Å²) in [6.07, 6.45) is -0.466. The molecule has 1 aromatic carbocycles. The fraction of sp³-hybridized carbons (Fsp3) is 0.438. The molecule has 0 unspecified atom stereocenters. The molecule has 1 heterocycles. The molecule has 0 aliphatic heterocycles. The molecule has 134 valence electrons. The van der Waals surface area contributed by atoms with Crippen LogP contribution in [0.25, 0.3) is 0 Å². The molecule has 8 nitrogen and oxygen atoms in total. The molecule has 0 saturated carbocycles. The van der Waals surface area contributed by atoms with Gasteiger partial charge in [-0.3, -0.25) is 10.1 Å². The van der Waals surface area contributed by atoms with Crippen LogP contribution in [-0.2, 0) is 16.0 Å². The number of nitrogens with zero attached hydrogens (tertiary/aromatic N) is 3. The summed E-state index contributed by atoms with van der Waals surface area (Å²) in [6.45, 7) is 3.94. The van der Waals surface area contributed by atoms with E-state index >= 15 is 0 Å². The number of rotatable bonds is 8. The van der Waals surface area contributed by atoms with Crippen LogP contribution in [0.15, 0.2) is 28.7 Å². The van der Waals surface area contributed by atoms with E-state index in [2.05, 4.69) is 41.9 Å². The van der Waals surface area contributed by atoms with Crippen LogP contribution in [0.4, 0.5) is 10.5 Å². The van der Waals surface area contributed by atoms with Gasteiger partial charge in [-0.25, -0.2) is 4.79 Å². The molecule has 25 heavy (non-hydrogen) atoms. The van der Waals surface area contributed by atoms with Crippen molar-refractivity contribution in [1.29, 1.82) is 0 Å². The highest BCUT2D eigenvalue weighted by Gasteiger charge is 2.24. The number of carbonyl (C=O) groups is 2. The van der Waals surface area contributed by atoms with Crippen molar-refractivity contribution in [3.05, 3.63) is 34.6 Å². The highest BCUT2D eigenvalue weighted by molar-refractivity contribution is 9.10. The van der Waals surface area contributed by atoms with Crippen LogP contribution >= 0.6 is 15.9 Å². The average molecular weight is 410 g/mol. The summed E-state index contributed by atoms with van der Waals surface area (Å²) in [6, 6.07) is 7.08. The Hall–Kier alpha value is -2.29. The molecule has 0 bridgehead atoms. The van der Waals surface area contributed by atoms with Crippen molar-refractivity contribution < 1.29 is 14.3 Å². The zero-order valence-electron chi connectivity index (χ0n) is 14.0. The van der Waals surface area contributed by atoms with Crippen LogP contribution in [0.2, 0.25) is 0 Å². The monoisotopic (exact) mass is 409 g/mol. The maximum atomic E-state index is 12.4. The zero-order chi connectivity index (χ0) is 18.2. The minimum atomic E-state index is -0.803. The Balaban J connectivity index is 1.92. The number of halogens is 1. The van der Waals surface area contributed by atoms with Gasteiger partial charge in [0.1, 0.15) is 0 Å². The molecule has 1 amide bonds. The van der Waals surface area contributed by atoms with Crippen molar-refractivity contribution in [2.45, 2.75) is 39.2 Å². The average Bonchev–Trinajstić information content (AvgIpc) is 3.07. The summed E-state index contributed by atoms with van der Waals surface area (Å²) in [5, 5.41) is 16.0. The first-order valence-corrected chi connectivity index (χ1v) is 8.71. The van der Waals surface area contributed by atoms with E-state index in [-0.39, 0.29) is 18.1 Å². The van der Waals surface area contributed by atoms with Gasteiger partial charge >= 0.3 is 6.09 Å². The molecule has 0 aliphatic carbocycles. The van der Waals surface area contributed by atoms with Crippen molar-refractivity contribution in [1.82, 2.24) is 20.6 Å². The van der Waals surface area contributed by atoms with E-state index in [0.717, 1.165) is 4.47 Å². The van der Waals surface area contributed by atoms with Crippen LogP contribution in [0.1, 0.15) is 32.5 Å². The number of anilines is 1. The topological polar surface area (TPSA) is 110 Å². The summed E-state index contributed by atoms with van der Waals surface area (Å²) in [7, 11) is 0. The van der Waals surface area contributed by atoms with Gasteiger partial charge in [-0.1, -0.05) is 35.0 Å². The lowest BCUT2D eigenvalue weighted by atomic mass is 10.00. The summed E-state index contributed by atoms with van der Waals surface area (Å²) in [5.41, 5.74) is 0.593. The number of aryl methyl sites for hydroxylation is 1. The quantitative estimate of drug-likeness (QED) is 0.692. The van der Waals surface area contributed by atoms with Crippen LogP contribution in [0.5, 0.6) is 0 Å². The largest absolute Gasteiger partial charge is 0.438 e. The maximum Gasteiger partial charge on any atom is 0.412 e. The van der Waals surface area contributed by atoms with Crippen LogP contribution in [0.3, 0.4) is 0 Å². The Morgan fingerprint density at radius 3 is 2.60 bits per heavy atom. The molecular weight excluding hydrogens is 390 g/mol. The van der Waals surface area contributed by atoms with Gasteiger partial charge in [0.2, 0.25) is 0 Å². The van der Waals surface area contributed by atoms with Gasteiger partial charge in [-0.2, -0.15) is 5.21 Å². The lowest BCUT2D eigenvalue weighted by Gasteiger charge is -2.19. The Bertz CT molecular complexity index is 688. The third-order valence-electron chi connectivity index (χ3n) is 3.37. The van der Waals surface area contributed by atoms with E-state index in [0.29, 0.717) is 24.4 Å². The highest BCUT2D eigenvalue weighted by atomic mass is 79.9. The number of carbonyl (C=O) groups excluding carboxylic acids is 2. The third kappa shape index (κ3) is 6.61. The number of H-pyrrole nitrogens is 1. The number of hydrogen-bond acceptors (Lipinski definition) is 6. The fourth-order valence-corrected chi connectivity index (χ4v) is 2.43. The van der Waals surface area contributed by atoms with Gasteiger partial charge in [0.15, 0.2) is 17.7 Å². The first-order valence-electron chi connectivity index (χ1n) is 7.92. The number of amides is 1. The van der Waals surface area contributed by atoms with Gasteiger partial charge < -0.3 is 4.74 Å². The summed E-state index contributed by atoms with van der Waals surface area (Å²) < 4.78 is 6.26. The van der Waals surface area contributed by atoms with Crippen molar-refractivity contribution >= 4 is 33.5 Å². The number of benzene rings is 1. The van der Waals surface area contributed by atoms with E-state index in [4.69, 9.17) is 4.74 Å². The molecule has 0 radical (unpaired) electrons. The second-order valence-electron chi connectivity index (χ2n) is 5.95. The van der Waals surface area contributed by atoms with Crippen LogP contribution in [0, 0.1) is 5.92 Å². The highest BCUT2D eigenvalue weighted by Crippen LogP contribution is 2.16. The van der Waals surface area contributed by atoms with Crippen molar-refractivity contribution in [3.8, 4) is 0 Å². The zero-order valence-corrected chi connectivity index (χ0v) is 15.6. The van der Waals surface area contributed by atoms with Crippen molar-refractivity contribution in [3.63, 3.8) is 0 Å². The number of tetrazole rings is 1. The van der Waals surface area contributed by atoms with Crippen LogP contribution < -0.4 is 5.32 Å². The second kappa shape index (κ2) is 9.26. The number of aromatic nitrogens is 4. The minimum Gasteiger partial charge on any atom is -0.438 e. The molecule has 2 aromatic rings. The molecule has 1 atom stereocenters. The van der Waals surface area contributed by atoms with E-state index < -0.39 is 12.2 Å². The predicted octanol–water partition coefficient (Wildman–Crippen LogP) is 3.13. The summed E-state index contributed by atoms with van der Waals surface area (Å²) in [4.78, 5) is 24.5. The number of nitrogens with one attached hydrogen (secondary N) is 2. The van der Waals surface area contributed by atoms with Gasteiger partial charge in [-0.15, -0.1) is 10.2 Å². The normalized spacial score (nSPS) is 12.0. The van der Waals surface area contributed by atoms with Gasteiger partial charge in [0.05, 0.1) is 0 Å². The van der Waals surface area contributed by atoms with E-state index in [1.165, 1.54) is 0 Å². The SMILES string of the molecule is CC(C)C[C@H](OC(=O)Nc1ccc(Br)cc1)C(=O)CCc1nn[nH]n1. The first kappa shape index (κ1) is 19.0.